The van der Waals surface area contributed by atoms with E-state index in [1.54, 1.807) is 6.07 Å². The predicted octanol–water partition coefficient (Wildman–Crippen LogP) is 9.55. The Balaban J connectivity index is 1.16. The number of benzene rings is 1. The maximum Gasteiger partial charge on any atom is 0.311 e. The molecule has 2 N–H and O–H groups in total. The number of phenolic OH excluding ortho intramolecular Hbond substituents is 1. The van der Waals surface area contributed by atoms with E-state index in [0.29, 0.717) is 29.9 Å². The van der Waals surface area contributed by atoms with Crippen molar-refractivity contribution in [2.75, 3.05) is 0 Å². The van der Waals surface area contributed by atoms with Crippen LogP contribution in [0.2, 0.25) is 0 Å². The van der Waals surface area contributed by atoms with Crippen molar-refractivity contribution in [1.82, 2.24) is 0 Å². The maximum atomic E-state index is 12.8. The molecular formula is C36H56O4. The second kappa shape index (κ2) is 15.4. The molecule has 4 heteroatoms. The van der Waals surface area contributed by atoms with E-state index in [4.69, 9.17) is 4.74 Å². The van der Waals surface area contributed by atoms with Crippen LogP contribution in [0.5, 0.6) is 11.5 Å². The van der Waals surface area contributed by atoms with Crippen molar-refractivity contribution in [3.63, 3.8) is 0 Å². The molecule has 1 aromatic rings. The second-order valence-corrected chi connectivity index (χ2v) is 13.4. The molecule has 2 fully saturated rings. The number of allylic oxidation sites excluding steroid dienone is 2. The van der Waals surface area contributed by atoms with Gasteiger partial charge in [0.05, 0.1) is 6.10 Å². The van der Waals surface area contributed by atoms with Crippen LogP contribution < -0.4 is 4.74 Å². The minimum absolute atomic E-state index is 0.0241. The van der Waals surface area contributed by atoms with Crippen LogP contribution in [0.3, 0.4) is 0 Å². The molecule has 0 heterocycles. The molecule has 0 radical (unpaired) electrons. The number of esters is 1. The first-order chi connectivity index (χ1) is 19.4. The Morgan fingerprint density at radius 2 is 1.60 bits per heavy atom. The van der Waals surface area contributed by atoms with Crippen molar-refractivity contribution >= 4 is 5.97 Å². The van der Waals surface area contributed by atoms with Gasteiger partial charge in [-0.2, -0.15) is 0 Å². The smallest absolute Gasteiger partial charge is 0.311 e. The Morgan fingerprint density at radius 3 is 2.33 bits per heavy atom. The van der Waals surface area contributed by atoms with Gasteiger partial charge >= 0.3 is 5.97 Å². The van der Waals surface area contributed by atoms with Crippen molar-refractivity contribution in [2.24, 2.45) is 17.3 Å². The van der Waals surface area contributed by atoms with Crippen molar-refractivity contribution in [1.29, 1.82) is 0 Å². The first kappa shape index (κ1) is 31.1. The lowest BCUT2D eigenvalue weighted by Crippen LogP contribution is -2.44. The summed E-state index contributed by atoms with van der Waals surface area (Å²) in [5.74, 6) is 2.01. The number of unbranched alkanes of at least 4 members (excludes halogenated alkanes) is 11. The van der Waals surface area contributed by atoms with Crippen LogP contribution in [0.1, 0.15) is 153 Å². The molecule has 4 nitrogen and oxygen atoms in total. The molecule has 5 atom stereocenters. The Hall–Kier alpha value is -1.81. The van der Waals surface area contributed by atoms with Crippen LogP contribution >= 0.6 is 0 Å². The van der Waals surface area contributed by atoms with Gasteiger partial charge in [0.25, 0.3) is 0 Å². The zero-order chi connectivity index (χ0) is 28.4. The van der Waals surface area contributed by atoms with Gasteiger partial charge in [-0.1, -0.05) is 77.4 Å². The number of phenols is 1. The van der Waals surface area contributed by atoms with E-state index in [-0.39, 0.29) is 23.2 Å². The fourth-order valence-electron chi connectivity index (χ4n) is 8.24. The highest BCUT2D eigenvalue weighted by Gasteiger charge is 2.54. The first-order valence-corrected chi connectivity index (χ1v) is 16.8. The topological polar surface area (TPSA) is 66.8 Å². The molecule has 0 bridgehead atoms. The molecule has 0 aromatic heterocycles. The van der Waals surface area contributed by atoms with Gasteiger partial charge in [0, 0.05) is 18.1 Å². The highest BCUT2D eigenvalue weighted by molar-refractivity contribution is 5.73. The van der Waals surface area contributed by atoms with Crippen molar-refractivity contribution in [3.05, 3.63) is 35.4 Å². The van der Waals surface area contributed by atoms with Gasteiger partial charge in [-0.3, -0.25) is 4.79 Å². The minimum atomic E-state index is -0.191. The Bertz CT molecular complexity index is 968. The number of hydrogen-bond acceptors (Lipinski definition) is 4. The third-order valence-corrected chi connectivity index (χ3v) is 10.6. The van der Waals surface area contributed by atoms with E-state index in [1.807, 2.05) is 6.07 Å². The highest BCUT2D eigenvalue weighted by atomic mass is 16.5. The van der Waals surface area contributed by atoms with Crippen molar-refractivity contribution in [2.45, 2.75) is 154 Å². The van der Waals surface area contributed by atoms with E-state index in [0.717, 1.165) is 68.9 Å². The molecule has 2 saturated carbocycles. The average Bonchev–Trinajstić information content (AvgIpc) is 3.24. The minimum Gasteiger partial charge on any atom is -0.508 e. The quantitative estimate of drug-likeness (QED) is 0.0927. The summed E-state index contributed by atoms with van der Waals surface area (Å²) in [7, 11) is 0. The van der Waals surface area contributed by atoms with Gasteiger partial charge in [-0.15, -0.1) is 0 Å². The number of ether oxygens (including phenoxy) is 1. The molecule has 224 valence electrons. The Labute approximate surface area is 244 Å². The van der Waals surface area contributed by atoms with Crippen molar-refractivity contribution in [3.8, 4) is 11.5 Å². The fraction of sp³-hybridized carbons (Fsp3) is 0.750. The van der Waals surface area contributed by atoms with Crippen LogP contribution in [-0.4, -0.2) is 22.3 Å². The van der Waals surface area contributed by atoms with Crippen molar-refractivity contribution < 1.29 is 19.7 Å². The lowest BCUT2D eigenvalue weighted by Gasteiger charge is -2.50. The summed E-state index contributed by atoms with van der Waals surface area (Å²) >= 11 is 0. The molecule has 0 spiro atoms. The predicted molar refractivity (Wildman–Crippen MR) is 164 cm³/mol. The van der Waals surface area contributed by atoms with Crippen LogP contribution in [0.15, 0.2) is 24.3 Å². The summed E-state index contributed by atoms with van der Waals surface area (Å²) < 4.78 is 5.96. The van der Waals surface area contributed by atoms with Gasteiger partial charge in [0.1, 0.15) is 11.5 Å². The summed E-state index contributed by atoms with van der Waals surface area (Å²) in [5, 5.41) is 21.1. The molecule has 0 aliphatic heterocycles. The van der Waals surface area contributed by atoms with Gasteiger partial charge in [0.15, 0.2) is 0 Å². The first-order valence-electron chi connectivity index (χ1n) is 16.8. The molecule has 0 unspecified atom stereocenters. The van der Waals surface area contributed by atoms with Gasteiger partial charge in [0.2, 0.25) is 0 Å². The number of carbonyl (C=O) groups excluding carboxylic acids is 1. The molecule has 0 amide bonds. The number of rotatable bonds is 16. The third-order valence-electron chi connectivity index (χ3n) is 10.6. The Kier molecular flexibility index (Phi) is 12.0. The summed E-state index contributed by atoms with van der Waals surface area (Å²) in [6, 6.07) is 3.54. The normalized spacial score (nSPS) is 27.4. The molecule has 40 heavy (non-hydrogen) atoms. The van der Waals surface area contributed by atoms with Gasteiger partial charge in [-0.05, 0) is 105 Å². The SMILES string of the molecule is CCCCCCCC/C=C\CCCCCCCC(=O)Oc1cc(O)cc2c1[C@H]1CC[C@]3(C)[C@@H](O)CC[C@H]3[C@H]1CC2. The van der Waals surface area contributed by atoms with Crippen LogP contribution in [-0.2, 0) is 11.2 Å². The number of hydrogen-bond donors (Lipinski definition) is 2. The Morgan fingerprint density at radius 1 is 0.925 bits per heavy atom. The van der Waals surface area contributed by atoms with Crippen LogP contribution in [0.25, 0.3) is 0 Å². The fourth-order valence-corrected chi connectivity index (χ4v) is 8.24. The molecule has 3 aliphatic rings. The van der Waals surface area contributed by atoms with E-state index < -0.39 is 0 Å². The highest BCUT2D eigenvalue weighted by Crippen LogP contribution is 2.62. The summed E-state index contributed by atoms with van der Waals surface area (Å²) in [6.07, 6.45) is 27.1. The summed E-state index contributed by atoms with van der Waals surface area (Å²) in [6.45, 7) is 4.55. The number of aromatic hydroxyl groups is 1. The second-order valence-electron chi connectivity index (χ2n) is 13.4. The number of aliphatic hydroxyl groups excluding tert-OH is 1. The zero-order valence-electron chi connectivity index (χ0n) is 25.5. The average molecular weight is 553 g/mol. The van der Waals surface area contributed by atoms with E-state index in [2.05, 4.69) is 26.0 Å². The van der Waals surface area contributed by atoms with E-state index in [9.17, 15) is 15.0 Å². The summed E-state index contributed by atoms with van der Waals surface area (Å²) in [4.78, 5) is 12.8. The molecule has 3 aliphatic carbocycles. The molecule has 0 saturated heterocycles. The largest absolute Gasteiger partial charge is 0.508 e. The lowest BCUT2D eigenvalue weighted by molar-refractivity contribution is -0.134. The molecule has 4 rings (SSSR count). The van der Waals surface area contributed by atoms with Gasteiger partial charge in [-0.25, -0.2) is 0 Å². The third kappa shape index (κ3) is 7.93. The molecule has 1 aromatic carbocycles. The van der Waals surface area contributed by atoms with Gasteiger partial charge < -0.3 is 14.9 Å². The van der Waals surface area contributed by atoms with E-state index in [1.165, 1.54) is 64.2 Å². The van der Waals surface area contributed by atoms with Crippen LogP contribution in [0.4, 0.5) is 0 Å². The number of fused-ring (bicyclic) bond motifs is 5. The summed E-state index contributed by atoms with van der Waals surface area (Å²) in [5.41, 5.74) is 2.33. The monoisotopic (exact) mass is 552 g/mol. The standard InChI is InChI=1S/C36H56O4/c1-3-4-5-6-7-8-9-10-11-12-13-14-15-16-17-18-34(39)40-32-26-28(37)25-27-19-20-29-30(35(27)32)23-24-36(2)31(29)21-22-33(36)38/h10-11,25-26,29-31,33,37-38H,3-9,12-24H2,1-2H3/b11-10-/t29-,30-,31-,33-,36-/m0/s1. The number of aliphatic hydroxyl groups is 1. The zero-order valence-corrected chi connectivity index (χ0v) is 25.5. The molecular weight excluding hydrogens is 496 g/mol. The van der Waals surface area contributed by atoms with E-state index >= 15 is 0 Å². The number of aryl methyl sites for hydroxylation is 1. The number of carbonyl (C=O) groups is 1. The van der Waals surface area contributed by atoms with Crippen LogP contribution in [0, 0.1) is 17.3 Å². The lowest BCUT2D eigenvalue weighted by atomic mass is 9.55. The maximum absolute atomic E-state index is 12.8.